The van der Waals surface area contributed by atoms with Gasteiger partial charge in [0, 0.05) is 4.47 Å². The largest absolute Gasteiger partial charge is 0.383 e. The number of azo groups is 1. The highest BCUT2D eigenvalue weighted by atomic mass is 79.9. The molecule has 0 atom stereocenters. The van der Waals surface area contributed by atoms with Crippen LogP contribution in [0.4, 0.5) is 17.2 Å². The van der Waals surface area contributed by atoms with E-state index in [0.29, 0.717) is 5.69 Å². The number of halogens is 1. The summed E-state index contributed by atoms with van der Waals surface area (Å²) in [6.45, 7) is 0. The second kappa shape index (κ2) is 4.96. The Kier molecular flexibility index (Phi) is 3.38. The fourth-order valence-corrected chi connectivity index (χ4v) is 1.48. The molecule has 92 valence electrons. The lowest BCUT2D eigenvalue weighted by Crippen LogP contribution is -2.23. The van der Waals surface area contributed by atoms with Crippen LogP contribution in [0.5, 0.6) is 0 Å². The van der Waals surface area contributed by atoms with Crippen LogP contribution in [0.25, 0.3) is 0 Å². The van der Waals surface area contributed by atoms with E-state index in [1.807, 2.05) is 4.98 Å². The minimum Gasteiger partial charge on any atom is -0.383 e. The van der Waals surface area contributed by atoms with Crippen molar-refractivity contribution in [3.05, 3.63) is 49.6 Å². The third-order valence-corrected chi connectivity index (χ3v) is 2.57. The lowest BCUT2D eigenvalue weighted by molar-refractivity contribution is 1.03. The Morgan fingerprint density at radius 1 is 1.06 bits per heavy atom. The van der Waals surface area contributed by atoms with Crippen LogP contribution in [0, 0.1) is 0 Å². The molecule has 0 aliphatic rings. The zero-order valence-corrected chi connectivity index (χ0v) is 10.6. The number of anilines is 1. The van der Waals surface area contributed by atoms with Gasteiger partial charge in [-0.3, -0.25) is 14.8 Å². The van der Waals surface area contributed by atoms with Crippen molar-refractivity contribution < 1.29 is 0 Å². The summed E-state index contributed by atoms with van der Waals surface area (Å²) >= 11 is 3.29. The fourth-order valence-electron chi connectivity index (χ4n) is 1.21. The van der Waals surface area contributed by atoms with E-state index in [2.05, 4.69) is 31.1 Å². The topological polar surface area (TPSA) is 116 Å². The number of hydrogen-bond acceptors (Lipinski definition) is 5. The van der Waals surface area contributed by atoms with E-state index < -0.39 is 11.2 Å². The van der Waals surface area contributed by atoms with E-state index >= 15 is 0 Å². The standard InChI is InChI=1S/C10H8BrN5O2/c11-5-1-3-6(4-2-5)15-16-7-8(12)13-10(18)14-9(7)17/h1-4H,(H4,12,13,14,17,18). The molecule has 1 aromatic carbocycles. The normalized spacial score (nSPS) is 10.9. The molecule has 18 heavy (non-hydrogen) atoms. The lowest BCUT2D eigenvalue weighted by atomic mass is 10.3. The molecule has 8 heteroatoms. The molecule has 2 aromatic rings. The molecule has 0 aliphatic heterocycles. The molecule has 4 N–H and O–H groups in total. The van der Waals surface area contributed by atoms with Crippen LogP contribution in [0.1, 0.15) is 0 Å². The molecule has 0 saturated carbocycles. The first-order chi connectivity index (χ1) is 8.56. The molecule has 2 rings (SSSR count). The van der Waals surface area contributed by atoms with Gasteiger partial charge in [-0.2, -0.15) is 5.11 Å². The van der Waals surface area contributed by atoms with Crippen LogP contribution in [0.15, 0.2) is 48.6 Å². The first-order valence-electron chi connectivity index (χ1n) is 4.85. The second-order valence-electron chi connectivity index (χ2n) is 3.35. The number of H-pyrrole nitrogens is 2. The quantitative estimate of drug-likeness (QED) is 0.734. The lowest BCUT2D eigenvalue weighted by Gasteiger charge is -1.96. The number of nitrogens with one attached hydrogen (secondary N) is 2. The van der Waals surface area contributed by atoms with Crippen LogP contribution < -0.4 is 17.0 Å². The molecule has 1 heterocycles. The fraction of sp³-hybridized carbons (Fsp3) is 0. The summed E-state index contributed by atoms with van der Waals surface area (Å²) in [6, 6.07) is 7.00. The molecule has 7 nitrogen and oxygen atoms in total. The summed E-state index contributed by atoms with van der Waals surface area (Å²) in [5, 5.41) is 7.57. The van der Waals surface area contributed by atoms with Crippen LogP contribution >= 0.6 is 15.9 Å². The summed E-state index contributed by atoms with van der Waals surface area (Å²) in [7, 11) is 0. The number of rotatable bonds is 2. The number of aromatic nitrogens is 2. The maximum Gasteiger partial charge on any atom is 0.327 e. The van der Waals surface area contributed by atoms with Crippen molar-refractivity contribution in [2.24, 2.45) is 10.2 Å². The third kappa shape index (κ3) is 2.72. The van der Waals surface area contributed by atoms with Crippen LogP contribution in [0.3, 0.4) is 0 Å². The number of benzene rings is 1. The SMILES string of the molecule is Nc1[nH]c(=O)[nH]c(=O)c1N=Nc1ccc(Br)cc1. The van der Waals surface area contributed by atoms with E-state index in [0.717, 1.165) is 4.47 Å². The molecule has 0 bridgehead atoms. The van der Waals surface area contributed by atoms with E-state index in [1.54, 1.807) is 24.3 Å². The van der Waals surface area contributed by atoms with Gasteiger partial charge in [0.2, 0.25) is 0 Å². The molecule has 1 aromatic heterocycles. The van der Waals surface area contributed by atoms with E-state index in [1.165, 1.54) is 0 Å². The monoisotopic (exact) mass is 309 g/mol. The van der Waals surface area contributed by atoms with Gasteiger partial charge in [-0.15, -0.1) is 5.11 Å². The molecular weight excluding hydrogens is 302 g/mol. The molecule has 0 spiro atoms. The molecule has 0 saturated heterocycles. The first-order valence-corrected chi connectivity index (χ1v) is 5.65. The van der Waals surface area contributed by atoms with Crippen molar-refractivity contribution in [1.82, 2.24) is 9.97 Å². The average Bonchev–Trinajstić information content (AvgIpc) is 2.30. The predicted molar refractivity (Wildman–Crippen MR) is 70.4 cm³/mol. The summed E-state index contributed by atoms with van der Waals surface area (Å²) in [5.74, 6) is -0.121. The number of aromatic amines is 2. The van der Waals surface area contributed by atoms with Crippen molar-refractivity contribution in [3.8, 4) is 0 Å². The highest BCUT2D eigenvalue weighted by molar-refractivity contribution is 9.10. The van der Waals surface area contributed by atoms with Crippen LogP contribution in [-0.4, -0.2) is 9.97 Å². The van der Waals surface area contributed by atoms with Crippen LogP contribution in [0.2, 0.25) is 0 Å². The van der Waals surface area contributed by atoms with Crippen molar-refractivity contribution in [2.45, 2.75) is 0 Å². The molecule has 0 fully saturated rings. The van der Waals surface area contributed by atoms with Crippen molar-refractivity contribution >= 4 is 33.1 Å². The van der Waals surface area contributed by atoms with Gasteiger partial charge in [-0.25, -0.2) is 4.79 Å². The Labute approximate surface area is 109 Å². The summed E-state index contributed by atoms with van der Waals surface area (Å²) in [6.07, 6.45) is 0. The van der Waals surface area contributed by atoms with Gasteiger partial charge in [0.1, 0.15) is 5.82 Å². The second-order valence-corrected chi connectivity index (χ2v) is 4.26. The Hall–Kier alpha value is -2.22. The van der Waals surface area contributed by atoms with Crippen molar-refractivity contribution in [2.75, 3.05) is 5.73 Å². The van der Waals surface area contributed by atoms with Gasteiger partial charge in [0.15, 0.2) is 5.69 Å². The van der Waals surface area contributed by atoms with Crippen molar-refractivity contribution in [1.29, 1.82) is 0 Å². The number of hydrogen-bond donors (Lipinski definition) is 3. The molecule has 0 amide bonds. The van der Waals surface area contributed by atoms with Gasteiger partial charge in [0.25, 0.3) is 5.56 Å². The highest BCUT2D eigenvalue weighted by Gasteiger charge is 2.04. The zero-order valence-electron chi connectivity index (χ0n) is 8.98. The first kappa shape index (κ1) is 12.2. The Balaban J connectivity index is 2.38. The number of nitrogens with zero attached hydrogens (tertiary/aromatic N) is 2. The summed E-state index contributed by atoms with van der Waals surface area (Å²) in [4.78, 5) is 26.6. The maximum absolute atomic E-state index is 11.4. The maximum atomic E-state index is 11.4. The summed E-state index contributed by atoms with van der Waals surface area (Å²) in [5.41, 5.74) is 4.54. The van der Waals surface area contributed by atoms with Crippen LogP contribution in [-0.2, 0) is 0 Å². The smallest absolute Gasteiger partial charge is 0.327 e. The minimum atomic E-state index is -0.683. The third-order valence-electron chi connectivity index (χ3n) is 2.04. The summed E-state index contributed by atoms with van der Waals surface area (Å²) < 4.78 is 0.905. The van der Waals surface area contributed by atoms with E-state index in [9.17, 15) is 9.59 Å². The minimum absolute atomic E-state index is 0.121. The molecule has 0 radical (unpaired) electrons. The molecule has 0 aliphatic carbocycles. The molecular formula is C10H8BrN5O2. The molecule has 0 unspecified atom stereocenters. The van der Waals surface area contributed by atoms with Gasteiger partial charge < -0.3 is 5.73 Å². The Morgan fingerprint density at radius 2 is 1.72 bits per heavy atom. The predicted octanol–water partition coefficient (Wildman–Crippen LogP) is 1.82. The van der Waals surface area contributed by atoms with Gasteiger partial charge >= 0.3 is 5.69 Å². The average molecular weight is 310 g/mol. The van der Waals surface area contributed by atoms with Gasteiger partial charge in [-0.1, -0.05) is 15.9 Å². The van der Waals surface area contributed by atoms with E-state index in [-0.39, 0.29) is 11.5 Å². The van der Waals surface area contributed by atoms with Gasteiger partial charge in [0.05, 0.1) is 5.69 Å². The van der Waals surface area contributed by atoms with Gasteiger partial charge in [-0.05, 0) is 24.3 Å². The zero-order chi connectivity index (χ0) is 13.1. The Bertz CT molecular complexity index is 701. The van der Waals surface area contributed by atoms with Crippen molar-refractivity contribution in [3.63, 3.8) is 0 Å². The number of nitrogens with two attached hydrogens (primary N) is 1. The Morgan fingerprint density at radius 3 is 2.33 bits per heavy atom. The highest BCUT2D eigenvalue weighted by Crippen LogP contribution is 2.20. The number of nitrogen functional groups attached to an aromatic ring is 1. The van der Waals surface area contributed by atoms with E-state index in [4.69, 9.17) is 5.73 Å².